The largest absolute Gasteiger partial charge is 0.512 e. The molecule has 4 radical (unpaired) electrons. The van der Waals surface area contributed by atoms with Gasteiger partial charge in [0.1, 0.15) is 0 Å². The molecule has 692 valence electrons. The quantitative estimate of drug-likeness (QED) is 0.0285. The van der Waals surface area contributed by atoms with Crippen molar-refractivity contribution in [1.29, 1.82) is 0 Å². The molecule has 2 unspecified atom stereocenters. The first-order valence-electron chi connectivity index (χ1n) is 43.6. The van der Waals surface area contributed by atoms with Crippen LogP contribution in [0.4, 0.5) is 0 Å². The summed E-state index contributed by atoms with van der Waals surface area (Å²) in [6.07, 6.45) is 18.8. The van der Waals surface area contributed by atoms with Crippen LogP contribution in [0.25, 0.3) is 88.1 Å². The van der Waals surface area contributed by atoms with Gasteiger partial charge in [0, 0.05) is 154 Å². The summed E-state index contributed by atoms with van der Waals surface area (Å²) in [5, 5.41) is 45.4. The maximum atomic E-state index is 11.4. The van der Waals surface area contributed by atoms with E-state index >= 15 is 0 Å². The van der Waals surface area contributed by atoms with E-state index in [1.54, 1.807) is 0 Å². The third-order valence-electron chi connectivity index (χ3n) is 19.6. The minimum atomic E-state index is -0.125. The second-order valence-corrected chi connectivity index (χ2v) is 35.0. The fraction of sp³-hybridized carbons (Fsp3) is 0.357. The molecule has 0 bridgehead atoms. The number of benzene rings is 8. The fourth-order valence-corrected chi connectivity index (χ4v) is 14.1. The number of allylic oxidation sites excluding steroid dienone is 8. The minimum absolute atomic E-state index is 0. The van der Waals surface area contributed by atoms with Crippen molar-refractivity contribution in [2.45, 2.75) is 225 Å². The number of hydrogen-bond donors (Lipinski definition) is 4. The van der Waals surface area contributed by atoms with Crippen LogP contribution in [0.2, 0.25) is 0 Å². The van der Waals surface area contributed by atoms with Crippen molar-refractivity contribution in [1.82, 2.24) is 19.9 Å². The standard InChI is InChI=1S/3C21H22N.C17H14N.2C11H20O2.2C5H8O2.4Ir/c2*1-14(2)9-17-5-6-18-7-8-22-21(20(18)13-17)19-11-15(3)10-16(4)12-19;1-14(2)9-18-13-22-21(20-8-6-5-7-19(18)20)17-11-15(3)10-16(4)12-17;1-12-9-13(2)11-15(10-12)17-16-6-4-3-5-14(16)7-8-18-17;1-8(2)5-10(12)7-11(13)6-9(3)4;1-5-8(3)10(12)7-11(13)9(4)6-2;2*1-4(6)3-5(2)7;;;;/h3*5-8,10-11,13-14H,9H2,1-4H3;3-10H,1-2H3;2*7-9,12H,5-6H2,1-4H3;2*3,6H,1-2H3;;;;/q4*-1;;;;;;;;. The van der Waals surface area contributed by atoms with Gasteiger partial charge in [-0.1, -0.05) is 237 Å². The van der Waals surface area contributed by atoms with Crippen molar-refractivity contribution in [3.8, 4) is 45.0 Å². The summed E-state index contributed by atoms with van der Waals surface area (Å²) in [6, 6.07) is 67.6. The Balaban J connectivity index is 0.000000748. The van der Waals surface area contributed by atoms with Crippen molar-refractivity contribution in [2.75, 3.05) is 0 Å². The number of fused-ring (bicyclic) bond motifs is 4. The smallest absolute Gasteiger partial charge is 0.161 e. The predicted molar refractivity (Wildman–Crippen MR) is 521 cm³/mol. The van der Waals surface area contributed by atoms with Gasteiger partial charge in [-0.2, -0.15) is 0 Å². The average molecular weight is 2440 g/mol. The maximum Gasteiger partial charge on any atom is 0.161 e. The van der Waals surface area contributed by atoms with E-state index in [4.69, 9.17) is 15.2 Å². The molecule has 12 nitrogen and oxygen atoms in total. The molecular formula is C112H136Ir4N4O8-4. The third kappa shape index (κ3) is 41.7. The Hall–Kier alpha value is -9.16. The number of carbonyl (C=O) groups excluding carboxylic acids is 4. The molecule has 4 heterocycles. The first-order valence-corrected chi connectivity index (χ1v) is 43.6. The average Bonchev–Trinajstić information content (AvgIpc) is 0.789. The van der Waals surface area contributed by atoms with E-state index in [-0.39, 0.29) is 138 Å². The normalized spacial score (nSPS) is 11.6. The summed E-state index contributed by atoms with van der Waals surface area (Å²) in [5.74, 6) is 3.15. The molecular weight excluding hydrogens is 2300 g/mol. The van der Waals surface area contributed by atoms with Gasteiger partial charge in [0.25, 0.3) is 0 Å². The molecule has 12 aromatic rings. The second-order valence-electron chi connectivity index (χ2n) is 35.0. The molecule has 2 atom stereocenters. The molecule has 0 saturated heterocycles. The topological polar surface area (TPSA) is 201 Å². The van der Waals surface area contributed by atoms with Crippen molar-refractivity contribution in [2.24, 2.45) is 41.4 Å². The van der Waals surface area contributed by atoms with Gasteiger partial charge in [-0.3, -0.25) is 19.2 Å². The summed E-state index contributed by atoms with van der Waals surface area (Å²) < 4.78 is 0. The summed E-state index contributed by atoms with van der Waals surface area (Å²) in [7, 11) is 0. The molecule has 0 aliphatic carbocycles. The summed E-state index contributed by atoms with van der Waals surface area (Å²) in [6.45, 7) is 51.8. The fourth-order valence-electron chi connectivity index (χ4n) is 14.1. The first kappa shape index (κ1) is 117. The Morgan fingerprint density at radius 1 is 0.352 bits per heavy atom. The van der Waals surface area contributed by atoms with Crippen LogP contribution < -0.4 is 0 Å². The van der Waals surface area contributed by atoms with Crippen LogP contribution in [0.1, 0.15) is 212 Å². The number of carbonyl (C=O) groups is 4. The van der Waals surface area contributed by atoms with E-state index in [2.05, 4.69) is 282 Å². The van der Waals surface area contributed by atoms with Gasteiger partial charge in [0.05, 0.1) is 23.0 Å². The van der Waals surface area contributed by atoms with Crippen LogP contribution in [-0.4, -0.2) is 63.5 Å². The van der Waals surface area contributed by atoms with E-state index in [0.717, 1.165) is 99.4 Å². The summed E-state index contributed by atoms with van der Waals surface area (Å²) >= 11 is 0. The van der Waals surface area contributed by atoms with Crippen LogP contribution in [0.15, 0.2) is 224 Å². The first-order chi connectivity index (χ1) is 58.5. The van der Waals surface area contributed by atoms with Gasteiger partial charge < -0.3 is 40.4 Å². The number of nitrogens with zero attached hydrogens (tertiary/aromatic N) is 4. The number of pyridine rings is 4. The zero-order valence-electron chi connectivity index (χ0n) is 80.1. The Morgan fingerprint density at radius 2 is 0.688 bits per heavy atom. The molecule has 0 amide bonds. The third-order valence-corrected chi connectivity index (χ3v) is 19.6. The number of aryl methyl sites for hydroxylation is 8. The van der Waals surface area contributed by atoms with Gasteiger partial charge in [0.2, 0.25) is 0 Å². The zero-order valence-corrected chi connectivity index (χ0v) is 89.7. The molecule has 0 spiro atoms. The number of aliphatic hydroxyl groups is 4. The van der Waals surface area contributed by atoms with Crippen molar-refractivity contribution >= 4 is 66.2 Å². The summed E-state index contributed by atoms with van der Waals surface area (Å²) in [5.41, 5.74) is 22.2. The van der Waals surface area contributed by atoms with E-state index in [1.807, 2.05) is 86.2 Å². The Kier molecular flexibility index (Phi) is 54.0. The Labute approximate surface area is 819 Å². The van der Waals surface area contributed by atoms with E-state index in [1.165, 1.54) is 134 Å². The molecule has 0 fully saturated rings. The Morgan fingerprint density at radius 3 is 1.02 bits per heavy atom. The SMILES string of the molecule is CC(=O)C=C(C)O.CC(=O)C=C(C)O.CC(C)CC(=O)C=C(O)CC(C)C.CCC(C)C(=O)C=C(O)C(C)CC.Cc1[c-]c(-c2ncc(CC(C)C)c3ccccc23)cc(C)c1.Cc1[c-]c(-c2nccc3ccc(CC(C)C)cc23)cc(C)c1.Cc1[c-]c(-c2nccc3ccc(CC(C)C)cc23)cc(C)c1.Cc1[c-]c(-c2nccc3ccccc23)cc(C)c1.[Ir].[Ir].[Ir].[Ir]. The number of aliphatic hydroxyl groups excluding tert-OH is 4. The molecule has 4 aromatic heterocycles. The van der Waals surface area contributed by atoms with Crippen LogP contribution in [0.3, 0.4) is 0 Å². The van der Waals surface area contributed by atoms with E-state index in [9.17, 15) is 29.4 Å². The van der Waals surface area contributed by atoms with Gasteiger partial charge in [-0.15, -0.1) is 140 Å². The van der Waals surface area contributed by atoms with Crippen LogP contribution in [-0.2, 0) is 119 Å². The van der Waals surface area contributed by atoms with Crippen LogP contribution in [0.5, 0.6) is 0 Å². The van der Waals surface area contributed by atoms with Crippen molar-refractivity contribution in [3.63, 3.8) is 0 Å². The molecule has 0 aliphatic heterocycles. The number of aromatic nitrogens is 4. The zero-order chi connectivity index (χ0) is 92.2. The molecule has 0 aliphatic rings. The number of hydrogen-bond acceptors (Lipinski definition) is 12. The van der Waals surface area contributed by atoms with Crippen molar-refractivity contribution in [3.05, 3.63) is 309 Å². The van der Waals surface area contributed by atoms with Crippen molar-refractivity contribution < 1.29 is 120 Å². The number of rotatable bonds is 22. The Bertz CT molecular complexity index is 5350. The molecule has 0 saturated carbocycles. The molecule has 4 N–H and O–H groups in total. The summed E-state index contributed by atoms with van der Waals surface area (Å²) in [4.78, 5) is 61.2. The predicted octanol–water partition coefficient (Wildman–Crippen LogP) is 29.1. The van der Waals surface area contributed by atoms with Gasteiger partial charge in [0.15, 0.2) is 23.1 Å². The monoisotopic (exact) mass is 2440 g/mol. The molecule has 12 rings (SSSR count). The van der Waals surface area contributed by atoms with Gasteiger partial charge >= 0.3 is 0 Å². The van der Waals surface area contributed by atoms with E-state index in [0.29, 0.717) is 42.4 Å². The van der Waals surface area contributed by atoms with Gasteiger partial charge in [-0.25, -0.2) is 0 Å². The molecule has 8 aromatic carbocycles. The van der Waals surface area contributed by atoms with Gasteiger partial charge in [-0.05, 0) is 190 Å². The molecule has 128 heavy (non-hydrogen) atoms. The number of ketones is 4. The van der Waals surface area contributed by atoms with Crippen LogP contribution in [0, 0.1) is 121 Å². The van der Waals surface area contributed by atoms with E-state index < -0.39 is 0 Å². The van der Waals surface area contributed by atoms with Crippen LogP contribution >= 0.6 is 0 Å². The maximum absolute atomic E-state index is 11.4. The molecule has 16 heteroatoms. The minimum Gasteiger partial charge on any atom is -0.512 e. The second kappa shape index (κ2) is 59.2.